The van der Waals surface area contributed by atoms with Gasteiger partial charge in [-0.15, -0.1) is 0 Å². The highest BCUT2D eigenvalue weighted by Gasteiger charge is 2.14. The third kappa shape index (κ3) is 3.35. The van der Waals surface area contributed by atoms with E-state index in [-0.39, 0.29) is 6.10 Å². The minimum Gasteiger partial charge on any atom is -0.381 e. The van der Waals surface area contributed by atoms with Crippen LogP contribution in [0.4, 0.5) is 11.4 Å². The van der Waals surface area contributed by atoms with Gasteiger partial charge in [0.05, 0.1) is 24.1 Å². The Kier molecular flexibility index (Phi) is 4.23. The molecule has 4 heteroatoms. The van der Waals surface area contributed by atoms with Crippen LogP contribution in [0.2, 0.25) is 0 Å². The van der Waals surface area contributed by atoms with Crippen molar-refractivity contribution in [3.05, 3.63) is 24.3 Å². The van der Waals surface area contributed by atoms with E-state index in [1.807, 2.05) is 26.2 Å². The molecule has 1 aromatic rings. The molecule has 17 heavy (non-hydrogen) atoms. The highest BCUT2D eigenvalue weighted by Crippen LogP contribution is 2.23. The van der Waals surface area contributed by atoms with Gasteiger partial charge < -0.3 is 19.7 Å². The molecule has 1 fully saturated rings. The number of nitrogens with zero attached hydrogens (tertiary/aromatic N) is 1. The van der Waals surface area contributed by atoms with Crippen molar-refractivity contribution in [2.45, 2.75) is 12.5 Å². The molecule has 0 aliphatic carbocycles. The molecule has 0 radical (unpaired) electrons. The smallest absolute Gasteiger partial charge is 0.147 e. The van der Waals surface area contributed by atoms with Crippen molar-refractivity contribution in [3.63, 3.8) is 0 Å². The summed E-state index contributed by atoms with van der Waals surface area (Å²) in [5, 5.41) is 3.44. The fourth-order valence-electron chi connectivity index (χ4n) is 1.90. The SMILES string of the molecule is CN(C)c1ccccc1NCC1CCOCO1. The third-order valence-electron chi connectivity index (χ3n) is 2.88. The van der Waals surface area contributed by atoms with Crippen LogP contribution in [0.3, 0.4) is 0 Å². The molecule has 0 spiro atoms. The fraction of sp³-hybridized carbons (Fsp3) is 0.538. The van der Waals surface area contributed by atoms with Crippen LogP contribution in [0, 0.1) is 0 Å². The first-order valence-electron chi connectivity index (χ1n) is 5.97. The van der Waals surface area contributed by atoms with Crippen LogP contribution in [0.5, 0.6) is 0 Å². The Balaban J connectivity index is 1.93. The molecule has 1 aliphatic heterocycles. The van der Waals surface area contributed by atoms with Gasteiger partial charge in [0, 0.05) is 20.6 Å². The average molecular weight is 236 g/mol. The molecule has 1 aromatic carbocycles. The summed E-state index contributed by atoms with van der Waals surface area (Å²) < 4.78 is 10.7. The molecule has 0 bridgehead atoms. The first-order valence-corrected chi connectivity index (χ1v) is 5.97. The quantitative estimate of drug-likeness (QED) is 0.866. The Bertz CT molecular complexity index is 349. The summed E-state index contributed by atoms with van der Waals surface area (Å²) in [5.74, 6) is 0. The lowest BCUT2D eigenvalue weighted by Gasteiger charge is -2.25. The topological polar surface area (TPSA) is 33.7 Å². The van der Waals surface area contributed by atoms with E-state index in [1.165, 1.54) is 5.69 Å². The van der Waals surface area contributed by atoms with E-state index in [4.69, 9.17) is 9.47 Å². The molecule has 4 nitrogen and oxygen atoms in total. The maximum Gasteiger partial charge on any atom is 0.147 e. The molecular weight excluding hydrogens is 216 g/mol. The predicted octanol–water partition coefficient (Wildman–Crippen LogP) is 1.93. The molecule has 0 aromatic heterocycles. The van der Waals surface area contributed by atoms with E-state index in [1.54, 1.807) is 0 Å². The van der Waals surface area contributed by atoms with Crippen molar-refractivity contribution in [2.75, 3.05) is 44.3 Å². The summed E-state index contributed by atoms with van der Waals surface area (Å²) >= 11 is 0. The van der Waals surface area contributed by atoms with Gasteiger partial charge in [-0.05, 0) is 18.6 Å². The predicted molar refractivity (Wildman–Crippen MR) is 69.6 cm³/mol. The minimum absolute atomic E-state index is 0.249. The number of benzene rings is 1. The standard InChI is InChI=1S/C13H20N2O2/c1-15(2)13-6-4-3-5-12(13)14-9-11-7-8-16-10-17-11/h3-6,11,14H,7-10H2,1-2H3. The summed E-state index contributed by atoms with van der Waals surface area (Å²) in [6, 6.07) is 8.29. The second-order valence-electron chi connectivity index (χ2n) is 4.40. The van der Waals surface area contributed by atoms with Crippen molar-refractivity contribution in [3.8, 4) is 0 Å². The summed E-state index contributed by atoms with van der Waals surface area (Å²) in [5.41, 5.74) is 2.34. The van der Waals surface area contributed by atoms with E-state index >= 15 is 0 Å². The third-order valence-corrected chi connectivity index (χ3v) is 2.88. The van der Waals surface area contributed by atoms with Gasteiger partial charge in [-0.25, -0.2) is 0 Å². The van der Waals surface area contributed by atoms with Gasteiger partial charge >= 0.3 is 0 Å². The first-order chi connectivity index (χ1) is 8.27. The van der Waals surface area contributed by atoms with Crippen molar-refractivity contribution >= 4 is 11.4 Å². The monoisotopic (exact) mass is 236 g/mol. The summed E-state index contributed by atoms with van der Waals surface area (Å²) in [6.45, 7) is 2.04. The molecule has 2 rings (SSSR count). The molecule has 1 saturated heterocycles. The maximum atomic E-state index is 5.50. The van der Waals surface area contributed by atoms with Crippen LogP contribution in [0.15, 0.2) is 24.3 Å². The second kappa shape index (κ2) is 5.89. The van der Waals surface area contributed by atoms with E-state index in [9.17, 15) is 0 Å². The second-order valence-corrected chi connectivity index (χ2v) is 4.40. The molecule has 94 valence electrons. The van der Waals surface area contributed by atoms with Crippen LogP contribution in [-0.2, 0) is 9.47 Å². The largest absolute Gasteiger partial charge is 0.381 e. The van der Waals surface area contributed by atoms with Crippen molar-refractivity contribution in [2.24, 2.45) is 0 Å². The summed E-state index contributed by atoms with van der Waals surface area (Å²) in [4.78, 5) is 2.10. The molecule has 1 N–H and O–H groups in total. The zero-order valence-corrected chi connectivity index (χ0v) is 10.5. The Morgan fingerprint density at radius 1 is 1.35 bits per heavy atom. The number of hydrogen-bond donors (Lipinski definition) is 1. The zero-order chi connectivity index (χ0) is 12.1. The lowest BCUT2D eigenvalue weighted by Crippen LogP contribution is -2.30. The van der Waals surface area contributed by atoms with Gasteiger partial charge in [0.15, 0.2) is 0 Å². The van der Waals surface area contributed by atoms with E-state index in [0.29, 0.717) is 6.79 Å². The molecular formula is C13H20N2O2. The average Bonchev–Trinajstić information content (AvgIpc) is 2.38. The van der Waals surface area contributed by atoms with Crippen molar-refractivity contribution < 1.29 is 9.47 Å². The van der Waals surface area contributed by atoms with E-state index < -0.39 is 0 Å². The Hall–Kier alpha value is -1.26. The molecule has 1 atom stereocenters. The minimum atomic E-state index is 0.249. The zero-order valence-electron chi connectivity index (χ0n) is 10.5. The highest BCUT2D eigenvalue weighted by molar-refractivity contribution is 5.69. The van der Waals surface area contributed by atoms with Crippen LogP contribution in [0.25, 0.3) is 0 Å². The normalized spacial score (nSPS) is 20.0. The van der Waals surface area contributed by atoms with Crippen LogP contribution >= 0.6 is 0 Å². The number of nitrogens with one attached hydrogen (secondary N) is 1. The summed E-state index contributed by atoms with van der Waals surface area (Å²) in [7, 11) is 4.09. The molecule has 1 aliphatic rings. The number of rotatable bonds is 4. The van der Waals surface area contributed by atoms with E-state index in [2.05, 4.69) is 22.3 Å². The fourth-order valence-corrected chi connectivity index (χ4v) is 1.90. The highest BCUT2D eigenvalue weighted by atomic mass is 16.7. The molecule has 0 amide bonds. The number of hydrogen-bond acceptors (Lipinski definition) is 4. The van der Waals surface area contributed by atoms with Gasteiger partial charge in [0.2, 0.25) is 0 Å². The maximum absolute atomic E-state index is 5.50. The van der Waals surface area contributed by atoms with Crippen LogP contribution in [-0.4, -0.2) is 40.1 Å². The Morgan fingerprint density at radius 3 is 2.88 bits per heavy atom. The van der Waals surface area contributed by atoms with Gasteiger partial charge in [0.25, 0.3) is 0 Å². The molecule has 1 heterocycles. The van der Waals surface area contributed by atoms with Crippen molar-refractivity contribution in [1.29, 1.82) is 0 Å². The molecule has 0 saturated carbocycles. The van der Waals surface area contributed by atoms with Crippen LogP contribution < -0.4 is 10.2 Å². The number of para-hydroxylation sites is 2. The number of anilines is 2. The van der Waals surface area contributed by atoms with Gasteiger partial charge in [-0.1, -0.05) is 12.1 Å². The van der Waals surface area contributed by atoms with Crippen LogP contribution in [0.1, 0.15) is 6.42 Å². The summed E-state index contributed by atoms with van der Waals surface area (Å²) in [6.07, 6.45) is 1.20. The number of ether oxygens (including phenoxy) is 2. The van der Waals surface area contributed by atoms with Gasteiger partial charge in [-0.2, -0.15) is 0 Å². The van der Waals surface area contributed by atoms with E-state index in [0.717, 1.165) is 25.3 Å². The lowest BCUT2D eigenvalue weighted by atomic mass is 10.2. The lowest BCUT2D eigenvalue weighted by molar-refractivity contribution is -0.133. The van der Waals surface area contributed by atoms with Gasteiger partial charge in [0.1, 0.15) is 6.79 Å². The Morgan fingerprint density at radius 2 is 2.18 bits per heavy atom. The first kappa shape index (κ1) is 12.2. The van der Waals surface area contributed by atoms with Crippen molar-refractivity contribution in [1.82, 2.24) is 0 Å². The molecule has 1 unspecified atom stereocenters. The van der Waals surface area contributed by atoms with Gasteiger partial charge in [-0.3, -0.25) is 0 Å². The Labute approximate surface area is 103 Å².